The topological polar surface area (TPSA) is 66.2 Å². The zero-order valence-corrected chi connectivity index (χ0v) is 24.0. The van der Waals surface area contributed by atoms with Gasteiger partial charge in [0.15, 0.2) is 0 Å². The number of hydrazine groups is 1. The second-order valence-electron chi connectivity index (χ2n) is 12.3. The van der Waals surface area contributed by atoms with Gasteiger partial charge >= 0.3 is 11.9 Å². The predicted octanol–water partition coefficient (Wildman–Crippen LogP) is 4.27. The van der Waals surface area contributed by atoms with E-state index >= 15 is 0 Å². The summed E-state index contributed by atoms with van der Waals surface area (Å²) in [4.78, 5) is 18.2. The molecule has 3 aromatic rings. The highest BCUT2D eigenvalue weighted by molar-refractivity contribution is 5.58. The highest BCUT2D eigenvalue weighted by atomic mass is 19.4. The van der Waals surface area contributed by atoms with Gasteiger partial charge in [0.2, 0.25) is 0 Å². The number of likely N-dealkylation sites (N-methyl/N-ethyl adjacent to an activating group) is 1. The van der Waals surface area contributed by atoms with Crippen LogP contribution >= 0.6 is 0 Å². The number of nitrogens with zero attached hydrogens (tertiary/aromatic N) is 4. The third kappa shape index (κ3) is 4.91. The van der Waals surface area contributed by atoms with Crippen molar-refractivity contribution in [3.8, 4) is 5.69 Å². The molecule has 2 N–H and O–H groups in total. The summed E-state index contributed by atoms with van der Waals surface area (Å²) >= 11 is 0. The fourth-order valence-corrected chi connectivity index (χ4v) is 7.17. The van der Waals surface area contributed by atoms with Crippen LogP contribution < -0.4 is 16.5 Å². The van der Waals surface area contributed by atoms with Crippen LogP contribution in [-0.4, -0.2) is 65.0 Å². The number of hydrogen-bond acceptors (Lipinski definition) is 6. The Hall–Kier alpha value is -2.70. The Morgan fingerprint density at radius 3 is 2.61 bits per heavy atom. The van der Waals surface area contributed by atoms with Crippen molar-refractivity contribution in [2.45, 2.75) is 69.4 Å². The number of likely N-dealkylation sites (tertiary alicyclic amines) is 1. The number of alkyl halides is 3. The van der Waals surface area contributed by atoms with E-state index in [4.69, 9.17) is 4.74 Å². The Labute approximate surface area is 238 Å². The van der Waals surface area contributed by atoms with Crippen LogP contribution in [0.1, 0.15) is 62.3 Å². The SMILES string of the molecule is COC1CC(c2cccc(-n3cc4c(C(F)(F)F)cc([C@@H](C)N5CCC[C@H](C)C5)cn4c3=O)c2)(C2NNCN2C)C1. The summed E-state index contributed by atoms with van der Waals surface area (Å²) in [5, 5.41) is 0. The molecular weight excluding hydrogens is 533 g/mol. The van der Waals surface area contributed by atoms with Crippen LogP contribution in [-0.2, 0) is 16.3 Å². The zero-order chi connectivity index (χ0) is 29.1. The van der Waals surface area contributed by atoms with Crippen molar-refractivity contribution in [1.29, 1.82) is 0 Å². The van der Waals surface area contributed by atoms with Crippen molar-refractivity contribution in [3.05, 3.63) is 69.9 Å². The van der Waals surface area contributed by atoms with Crippen LogP contribution in [0.3, 0.4) is 0 Å². The lowest BCUT2D eigenvalue weighted by Gasteiger charge is -2.52. The van der Waals surface area contributed by atoms with E-state index in [1.165, 1.54) is 21.2 Å². The van der Waals surface area contributed by atoms with Crippen molar-refractivity contribution in [3.63, 3.8) is 0 Å². The molecule has 2 aromatic heterocycles. The Morgan fingerprint density at radius 1 is 1.17 bits per heavy atom. The van der Waals surface area contributed by atoms with Crippen LogP contribution in [0.4, 0.5) is 13.2 Å². The monoisotopic (exact) mass is 572 g/mol. The first-order chi connectivity index (χ1) is 19.5. The Balaban J connectivity index is 1.43. The summed E-state index contributed by atoms with van der Waals surface area (Å²) in [6, 6.07) is 8.61. The second-order valence-corrected chi connectivity index (χ2v) is 12.3. The van der Waals surface area contributed by atoms with Gasteiger partial charge < -0.3 is 4.74 Å². The first-order valence-corrected chi connectivity index (χ1v) is 14.4. The molecule has 6 rings (SSSR count). The average molecular weight is 573 g/mol. The quantitative estimate of drug-likeness (QED) is 0.460. The van der Waals surface area contributed by atoms with E-state index in [1.807, 2.05) is 32.2 Å². The summed E-state index contributed by atoms with van der Waals surface area (Å²) in [5.74, 6) is 0.487. The molecule has 3 fully saturated rings. The van der Waals surface area contributed by atoms with Crippen molar-refractivity contribution in [2.75, 3.05) is 33.9 Å². The molecule has 0 spiro atoms. The maximum Gasteiger partial charge on any atom is 0.418 e. The van der Waals surface area contributed by atoms with Gasteiger partial charge in [-0.15, -0.1) is 0 Å². The molecule has 1 unspecified atom stereocenters. The molecule has 3 aliphatic rings. The molecule has 0 bridgehead atoms. The van der Waals surface area contributed by atoms with E-state index in [0.717, 1.165) is 44.3 Å². The summed E-state index contributed by atoms with van der Waals surface area (Å²) < 4.78 is 51.3. The highest BCUT2D eigenvalue weighted by Gasteiger charge is 2.53. The molecule has 8 nitrogen and oxygen atoms in total. The lowest BCUT2D eigenvalue weighted by Crippen LogP contribution is -2.61. The summed E-state index contributed by atoms with van der Waals surface area (Å²) in [7, 11) is 3.75. The molecule has 0 amide bonds. The predicted molar refractivity (Wildman–Crippen MR) is 151 cm³/mol. The van der Waals surface area contributed by atoms with Gasteiger partial charge in [0.25, 0.3) is 0 Å². The van der Waals surface area contributed by atoms with Gasteiger partial charge in [-0.3, -0.25) is 18.8 Å². The number of pyridine rings is 1. The lowest BCUT2D eigenvalue weighted by molar-refractivity contribution is -0.136. The molecule has 0 radical (unpaired) electrons. The van der Waals surface area contributed by atoms with Crippen molar-refractivity contribution in [1.82, 2.24) is 29.6 Å². The molecule has 2 saturated heterocycles. The number of fused-ring (bicyclic) bond motifs is 1. The highest BCUT2D eigenvalue weighted by Crippen LogP contribution is 2.49. The normalized spacial score (nSPS) is 28.7. The Morgan fingerprint density at radius 2 is 1.95 bits per heavy atom. The van der Waals surface area contributed by atoms with E-state index < -0.39 is 17.4 Å². The lowest BCUT2D eigenvalue weighted by atomic mass is 9.60. The zero-order valence-electron chi connectivity index (χ0n) is 24.0. The number of benzene rings is 1. The van der Waals surface area contributed by atoms with Gasteiger partial charge in [-0.2, -0.15) is 13.2 Å². The largest absolute Gasteiger partial charge is 0.418 e. The molecule has 11 heteroatoms. The Kier molecular flexibility index (Phi) is 7.30. The summed E-state index contributed by atoms with van der Waals surface area (Å²) in [6.07, 6.45) is 2.16. The van der Waals surface area contributed by atoms with Gasteiger partial charge in [-0.05, 0) is 81.4 Å². The van der Waals surface area contributed by atoms with Gasteiger partial charge in [-0.1, -0.05) is 19.1 Å². The second kappa shape index (κ2) is 10.5. The van der Waals surface area contributed by atoms with Crippen LogP contribution in [0.5, 0.6) is 0 Å². The number of imidazole rings is 1. The van der Waals surface area contributed by atoms with Crippen molar-refractivity contribution < 1.29 is 17.9 Å². The number of hydrogen-bond donors (Lipinski definition) is 2. The average Bonchev–Trinajstić information content (AvgIpc) is 3.50. The van der Waals surface area contributed by atoms with Gasteiger partial charge in [0, 0.05) is 37.5 Å². The number of methoxy groups -OCH3 is 1. The van der Waals surface area contributed by atoms with Crippen molar-refractivity contribution in [2.24, 2.45) is 5.92 Å². The smallest absolute Gasteiger partial charge is 0.381 e. The van der Waals surface area contributed by atoms with Crippen LogP contribution in [0.25, 0.3) is 11.2 Å². The number of halogens is 3. The van der Waals surface area contributed by atoms with Crippen molar-refractivity contribution >= 4 is 5.52 Å². The van der Waals surface area contributed by atoms with E-state index in [-0.39, 0.29) is 29.2 Å². The fourth-order valence-electron chi connectivity index (χ4n) is 7.17. The molecule has 1 aromatic carbocycles. The molecule has 2 aliphatic heterocycles. The van der Waals surface area contributed by atoms with E-state index in [0.29, 0.717) is 23.8 Å². The molecule has 41 heavy (non-hydrogen) atoms. The number of nitrogens with one attached hydrogen (secondary N) is 2. The first-order valence-electron chi connectivity index (χ1n) is 14.4. The molecule has 1 aliphatic carbocycles. The number of aromatic nitrogens is 2. The summed E-state index contributed by atoms with van der Waals surface area (Å²) in [6.45, 7) is 6.45. The van der Waals surface area contributed by atoms with Crippen LogP contribution in [0.15, 0.2) is 47.5 Å². The minimum Gasteiger partial charge on any atom is -0.381 e. The number of ether oxygens (including phenoxy) is 1. The third-order valence-corrected chi connectivity index (χ3v) is 9.56. The van der Waals surface area contributed by atoms with Crippen LogP contribution in [0.2, 0.25) is 0 Å². The van der Waals surface area contributed by atoms with Crippen LogP contribution in [0, 0.1) is 5.92 Å². The molecular formula is C30H39F3N6O2. The van der Waals surface area contributed by atoms with Gasteiger partial charge in [0.1, 0.15) is 0 Å². The molecule has 222 valence electrons. The van der Waals surface area contributed by atoms with E-state index in [1.54, 1.807) is 19.4 Å². The maximum atomic E-state index is 14.4. The van der Waals surface area contributed by atoms with Gasteiger partial charge in [-0.25, -0.2) is 15.6 Å². The Bertz CT molecular complexity index is 1480. The minimum atomic E-state index is -4.60. The number of piperidine rings is 1. The third-order valence-electron chi connectivity index (χ3n) is 9.56. The standard InChI is InChI=1S/C30H39F3N6O2/c1-19-7-6-10-37(15-19)20(2)21-11-25(30(31,32)33)26-17-38(28(40)39(26)16-21)23-9-5-8-22(12-23)29(13-24(14-29)41-4)27-35-34-18-36(27)3/h5,8-9,11-12,16-17,19-20,24,27,34-35H,6-7,10,13-15,18H2,1-4H3/t19-,20+,24?,27?,29?/m0/s1. The van der Waals surface area contributed by atoms with Gasteiger partial charge in [0.05, 0.1) is 35.7 Å². The maximum absolute atomic E-state index is 14.4. The molecule has 1 saturated carbocycles. The number of rotatable bonds is 6. The summed E-state index contributed by atoms with van der Waals surface area (Å²) in [5.41, 5.74) is 6.90. The first kappa shape index (κ1) is 28.4. The molecule has 3 atom stereocenters. The fraction of sp³-hybridized carbons (Fsp3) is 0.567. The molecule has 4 heterocycles. The minimum absolute atomic E-state index is 0.00682. The van der Waals surface area contributed by atoms with E-state index in [9.17, 15) is 18.0 Å². The van der Waals surface area contributed by atoms with E-state index in [2.05, 4.69) is 27.6 Å².